The molecule has 1 atom stereocenters. The first-order chi connectivity index (χ1) is 8.10. The van der Waals surface area contributed by atoms with Gasteiger partial charge in [0.15, 0.2) is 0 Å². The van der Waals surface area contributed by atoms with Crippen molar-refractivity contribution in [2.45, 2.75) is 32.1 Å². The number of hydrogen-bond donors (Lipinski definition) is 1. The molecule has 1 unspecified atom stereocenters. The topological polar surface area (TPSA) is 12.0 Å². The normalized spacial score (nSPS) is 22.2. The van der Waals surface area contributed by atoms with Crippen LogP contribution in [0.3, 0.4) is 0 Å². The second kappa shape index (κ2) is 5.13. The van der Waals surface area contributed by atoms with Crippen molar-refractivity contribution < 1.29 is 8.78 Å². The minimum atomic E-state index is -2.69. The van der Waals surface area contributed by atoms with Gasteiger partial charge in [0.25, 0.3) is 5.92 Å². The number of halogens is 2. The van der Waals surface area contributed by atoms with Crippen LogP contribution in [0.4, 0.5) is 8.78 Å². The van der Waals surface area contributed by atoms with Crippen LogP contribution in [0.25, 0.3) is 0 Å². The first-order valence-corrected chi connectivity index (χ1v) is 6.26. The lowest BCUT2D eigenvalue weighted by Gasteiger charge is -2.26. The van der Waals surface area contributed by atoms with Crippen LogP contribution in [-0.2, 0) is 5.92 Å². The van der Waals surface area contributed by atoms with Gasteiger partial charge in [0.05, 0.1) is 0 Å². The molecule has 1 aliphatic rings. The van der Waals surface area contributed by atoms with Crippen LogP contribution in [0.1, 0.15) is 30.4 Å². The zero-order chi connectivity index (χ0) is 12.3. The van der Waals surface area contributed by atoms with Gasteiger partial charge in [0, 0.05) is 11.5 Å². The van der Waals surface area contributed by atoms with Crippen molar-refractivity contribution in [1.82, 2.24) is 5.32 Å². The SMILES string of the molecule is Cc1ccc(C(F)(F)C2CCCNCC2)cc1. The fraction of sp³-hybridized carbons (Fsp3) is 0.571. The van der Waals surface area contributed by atoms with Gasteiger partial charge in [-0.25, -0.2) is 8.78 Å². The van der Waals surface area contributed by atoms with E-state index in [1.165, 1.54) is 0 Å². The second-order valence-electron chi connectivity index (χ2n) is 4.87. The van der Waals surface area contributed by atoms with Crippen molar-refractivity contribution in [3.63, 3.8) is 0 Å². The third-order valence-electron chi connectivity index (χ3n) is 3.52. The summed E-state index contributed by atoms with van der Waals surface area (Å²) in [7, 11) is 0. The minimum Gasteiger partial charge on any atom is -0.317 e. The summed E-state index contributed by atoms with van der Waals surface area (Å²) in [6, 6.07) is 6.65. The average molecular weight is 239 g/mol. The van der Waals surface area contributed by atoms with E-state index in [0.29, 0.717) is 19.4 Å². The second-order valence-corrected chi connectivity index (χ2v) is 4.87. The summed E-state index contributed by atoms with van der Waals surface area (Å²) in [5.74, 6) is -3.22. The molecule has 0 saturated carbocycles. The molecule has 0 amide bonds. The van der Waals surface area contributed by atoms with Crippen LogP contribution in [0.2, 0.25) is 0 Å². The summed E-state index contributed by atoms with van der Waals surface area (Å²) >= 11 is 0. The van der Waals surface area contributed by atoms with Gasteiger partial charge in [0.1, 0.15) is 0 Å². The maximum Gasteiger partial charge on any atom is 0.276 e. The van der Waals surface area contributed by atoms with Crippen LogP contribution in [0, 0.1) is 12.8 Å². The molecule has 0 bridgehead atoms. The Morgan fingerprint density at radius 2 is 1.82 bits per heavy atom. The molecule has 1 heterocycles. The molecule has 0 radical (unpaired) electrons. The number of aryl methyl sites for hydroxylation is 1. The van der Waals surface area contributed by atoms with Crippen molar-refractivity contribution in [3.8, 4) is 0 Å². The first kappa shape index (κ1) is 12.5. The van der Waals surface area contributed by atoms with E-state index in [9.17, 15) is 8.78 Å². The van der Waals surface area contributed by atoms with E-state index >= 15 is 0 Å². The molecule has 0 aliphatic carbocycles. The average Bonchev–Trinajstić information content (AvgIpc) is 2.58. The summed E-state index contributed by atoms with van der Waals surface area (Å²) in [5.41, 5.74) is 1.18. The van der Waals surface area contributed by atoms with E-state index in [-0.39, 0.29) is 5.56 Å². The van der Waals surface area contributed by atoms with Gasteiger partial charge in [-0.15, -0.1) is 0 Å². The third kappa shape index (κ3) is 2.83. The predicted molar refractivity (Wildman–Crippen MR) is 65.3 cm³/mol. The summed E-state index contributed by atoms with van der Waals surface area (Å²) in [4.78, 5) is 0. The summed E-state index contributed by atoms with van der Waals surface area (Å²) in [5, 5.41) is 3.18. The van der Waals surface area contributed by atoms with Crippen LogP contribution in [0.5, 0.6) is 0 Å². The Labute approximate surface area is 101 Å². The zero-order valence-corrected chi connectivity index (χ0v) is 10.2. The maximum absolute atomic E-state index is 14.3. The molecule has 3 heteroatoms. The number of benzene rings is 1. The molecule has 0 spiro atoms. The number of rotatable bonds is 2. The van der Waals surface area contributed by atoms with E-state index in [0.717, 1.165) is 18.5 Å². The fourth-order valence-corrected chi connectivity index (χ4v) is 2.39. The van der Waals surface area contributed by atoms with Gasteiger partial charge in [-0.3, -0.25) is 0 Å². The number of alkyl halides is 2. The highest BCUT2D eigenvalue weighted by atomic mass is 19.3. The largest absolute Gasteiger partial charge is 0.317 e. The number of hydrogen-bond acceptors (Lipinski definition) is 1. The Hall–Kier alpha value is -0.960. The van der Waals surface area contributed by atoms with Gasteiger partial charge in [-0.1, -0.05) is 29.8 Å². The molecule has 1 saturated heterocycles. The van der Waals surface area contributed by atoms with Crippen molar-refractivity contribution in [3.05, 3.63) is 35.4 Å². The minimum absolute atomic E-state index is 0.162. The predicted octanol–water partition coefficient (Wildman–Crippen LogP) is 3.48. The van der Waals surface area contributed by atoms with Gasteiger partial charge < -0.3 is 5.32 Å². The molecule has 1 nitrogen and oxygen atoms in total. The first-order valence-electron chi connectivity index (χ1n) is 6.26. The summed E-state index contributed by atoms with van der Waals surface area (Å²) in [6.07, 6.45) is 2.00. The lowest BCUT2D eigenvalue weighted by Crippen LogP contribution is -2.26. The van der Waals surface area contributed by atoms with Crippen LogP contribution in [0.15, 0.2) is 24.3 Å². The molecule has 94 valence electrons. The third-order valence-corrected chi connectivity index (χ3v) is 3.52. The van der Waals surface area contributed by atoms with Gasteiger partial charge in [-0.05, 0) is 39.3 Å². The fourth-order valence-electron chi connectivity index (χ4n) is 2.39. The molecule has 0 aromatic heterocycles. The maximum atomic E-state index is 14.3. The van der Waals surface area contributed by atoms with Crippen LogP contribution >= 0.6 is 0 Å². The zero-order valence-electron chi connectivity index (χ0n) is 10.2. The monoisotopic (exact) mass is 239 g/mol. The highest BCUT2D eigenvalue weighted by Crippen LogP contribution is 2.40. The van der Waals surface area contributed by atoms with E-state index < -0.39 is 11.8 Å². The Bertz CT molecular complexity index is 351. The summed E-state index contributed by atoms with van der Waals surface area (Å²) < 4.78 is 28.7. The van der Waals surface area contributed by atoms with Crippen molar-refractivity contribution in [1.29, 1.82) is 0 Å². The molecular weight excluding hydrogens is 220 g/mol. The summed E-state index contributed by atoms with van der Waals surface area (Å²) in [6.45, 7) is 3.48. The highest BCUT2D eigenvalue weighted by molar-refractivity contribution is 5.25. The Kier molecular flexibility index (Phi) is 3.77. The highest BCUT2D eigenvalue weighted by Gasteiger charge is 2.40. The quantitative estimate of drug-likeness (QED) is 0.833. The smallest absolute Gasteiger partial charge is 0.276 e. The van der Waals surface area contributed by atoms with Gasteiger partial charge >= 0.3 is 0 Å². The Morgan fingerprint density at radius 1 is 1.12 bits per heavy atom. The molecule has 2 rings (SSSR count). The van der Waals surface area contributed by atoms with E-state index in [4.69, 9.17) is 0 Å². The van der Waals surface area contributed by atoms with E-state index in [1.807, 2.05) is 6.92 Å². The lowest BCUT2D eigenvalue weighted by atomic mass is 9.88. The van der Waals surface area contributed by atoms with E-state index in [2.05, 4.69) is 5.32 Å². The standard InChI is InChI=1S/C14H19F2N/c1-11-4-6-13(7-5-11)14(15,16)12-3-2-9-17-10-8-12/h4-7,12,17H,2-3,8-10H2,1H3. The molecule has 1 aliphatic heterocycles. The molecule has 1 N–H and O–H groups in total. The van der Waals surface area contributed by atoms with Gasteiger partial charge in [-0.2, -0.15) is 0 Å². The van der Waals surface area contributed by atoms with Gasteiger partial charge in [0.2, 0.25) is 0 Å². The van der Waals surface area contributed by atoms with Crippen molar-refractivity contribution in [2.24, 2.45) is 5.92 Å². The van der Waals surface area contributed by atoms with E-state index in [1.54, 1.807) is 24.3 Å². The molecular formula is C14H19F2N. The molecule has 1 aromatic rings. The molecule has 1 fully saturated rings. The molecule has 1 aromatic carbocycles. The van der Waals surface area contributed by atoms with Crippen molar-refractivity contribution in [2.75, 3.05) is 13.1 Å². The van der Waals surface area contributed by atoms with Crippen LogP contribution in [-0.4, -0.2) is 13.1 Å². The van der Waals surface area contributed by atoms with Crippen molar-refractivity contribution >= 4 is 0 Å². The lowest BCUT2D eigenvalue weighted by molar-refractivity contribution is -0.0694. The number of nitrogens with one attached hydrogen (secondary N) is 1. The Morgan fingerprint density at radius 3 is 2.53 bits per heavy atom. The molecule has 17 heavy (non-hydrogen) atoms. The van der Waals surface area contributed by atoms with Crippen LogP contribution < -0.4 is 5.32 Å². The Balaban J connectivity index is 2.18.